The van der Waals surface area contributed by atoms with E-state index in [0.29, 0.717) is 28.8 Å². The van der Waals surface area contributed by atoms with Crippen molar-refractivity contribution in [3.63, 3.8) is 0 Å². The lowest BCUT2D eigenvalue weighted by Gasteiger charge is -2.44. The highest BCUT2D eigenvalue weighted by molar-refractivity contribution is 7.22. The number of likely N-dealkylation sites (tertiary alicyclic amines) is 1. The van der Waals surface area contributed by atoms with Crippen LogP contribution in [0.2, 0.25) is 5.02 Å². The van der Waals surface area contributed by atoms with Crippen molar-refractivity contribution in [1.29, 1.82) is 0 Å². The summed E-state index contributed by atoms with van der Waals surface area (Å²) in [5.41, 5.74) is 1.44. The number of thiazole rings is 1. The van der Waals surface area contributed by atoms with Gasteiger partial charge in [0.2, 0.25) is 0 Å². The summed E-state index contributed by atoms with van der Waals surface area (Å²) in [4.78, 5) is 18.8. The number of hydrogen-bond acceptors (Lipinski definition) is 4. The SMILES string of the molecule is O=C(Nc1nc2cc(F)ccc2s1)N1CCC2(CCc3cccc(Cl)c3O2)CC1. The molecule has 3 heterocycles. The third-order valence-corrected chi connectivity index (χ3v) is 6.99. The number of ether oxygens (including phenoxy) is 1. The van der Waals surface area contributed by atoms with Gasteiger partial charge in [-0.05, 0) is 36.6 Å². The normalized spacial score (nSPS) is 17.8. The fourth-order valence-corrected chi connectivity index (χ4v) is 5.16. The van der Waals surface area contributed by atoms with E-state index in [1.807, 2.05) is 12.1 Å². The van der Waals surface area contributed by atoms with Crippen LogP contribution in [-0.4, -0.2) is 34.6 Å². The number of aromatic nitrogens is 1. The third kappa shape index (κ3) is 3.53. The molecule has 2 aromatic carbocycles. The maximum Gasteiger partial charge on any atom is 0.323 e. The fraction of sp³-hybridized carbons (Fsp3) is 0.333. The van der Waals surface area contributed by atoms with Gasteiger partial charge in [0.05, 0.1) is 15.2 Å². The minimum Gasteiger partial charge on any atom is -0.485 e. The summed E-state index contributed by atoms with van der Waals surface area (Å²) in [7, 11) is 0. The van der Waals surface area contributed by atoms with Gasteiger partial charge in [-0.3, -0.25) is 5.32 Å². The number of urea groups is 1. The van der Waals surface area contributed by atoms with Crippen molar-refractivity contribution >= 4 is 44.3 Å². The van der Waals surface area contributed by atoms with E-state index >= 15 is 0 Å². The highest BCUT2D eigenvalue weighted by Gasteiger charge is 2.41. The van der Waals surface area contributed by atoms with Crippen molar-refractivity contribution in [3.05, 3.63) is 52.8 Å². The number of nitrogens with one attached hydrogen (secondary N) is 1. The molecule has 2 aliphatic rings. The number of benzene rings is 2. The molecule has 2 amide bonds. The molecule has 0 bridgehead atoms. The van der Waals surface area contributed by atoms with Gasteiger partial charge in [0.1, 0.15) is 17.2 Å². The predicted molar refractivity (Wildman–Crippen MR) is 113 cm³/mol. The molecule has 1 N–H and O–H groups in total. The van der Waals surface area contributed by atoms with E-state index in [1.165, 1.54) is 23.5 Å². The molecule has 3 aromatic rings. The van der Waals surface area contributed by atoms with Gasteiger partial charge >= 0.3 is 6.03 Å². The summed E-state index contributed by atoms with van der Waals surface area (Å²) in [5.74, 6) is 0.455. The Hall–Kier alpha value is -2.38. The zero-order valence-electron chi connectivity index (χ0n) is 15.6. The first-order valence-electron chi connectivity index (χ1n) is 9.60. The number of anilines is 1. The summed E-state index contributed by atoms with van der Waals surface area (Å²) in [6.07, 6.45) is 3.38. The molecule has 0 aliphatic carbocycles. The standard InChI is InChI=1S/C21H19ClFN3O2S/c22-15-3-1-2-13-6-7-21(28-18(13)15)8-10-26(11-9-21)20(27)25-19-24-16-12-14(23)4-5-17(16)29-19/h1-5,12H,6-11H2,(H,24,25,27). The Morgan fingerprint density at radius 2 is 2.07 bits per heavy atom. The van der Waals surface area contributed by atoms with Crippen molar-refractivity contribution in [2.24, 2.45) is 0 Å². The second kappa shape index (κ2) is 7.15. The van der Waals surface area contributed by atoms with Gasteiger partial charge in [-0.1, -0.05) is 35.1 Å². The number of halogens is 2. The maximum atomic E-state index is 13.3. The lowest BCUT2D eigenvalue weighted by molar-refractivity contribution is -0.00426. The number of nitrogens with zero attached hydrogens (tertiary/aromatic N) is 2. The smallest absolute Gasteiger partial charge is 0.323 e. The van der Waals surface area contributed by atoms with E-state index in [2.05, 4.69) is 16.4 Å². The summed E-state index contributed by atoms with van der Waals surface area (Å²) < 4.78 is 20.5. The van der Waals surface area contributed by atoms with E-state index < -0.39 is 0 Å². The monoisotopic (exact) mass is 431 g/mol. The Morgan fingerprint density at radius 3 is 2.90 bits per heavy atom. The zero-order valence-corrected chi connectivity index (χ0v) is 17.2. The van der Waals surface area contributed by atoms with Crippen LogP contribution >= 0.6 is 22.9 Å². The Balaban J connectivity index is 1.24. The minimum atomic E-state index is -0.337. The number of aryl methyl sites for hydroxylation is 1. The lowest BCUT2D eigenvalue weighted by Crippen LogP contribution is -2.52. The Bertz CT molecular complexity index is 1090. The largest absolute Gasteiger partial charge is 0.485 e. The zero-order chi connectivity index (χ0) is 20.0. The van der Waals surface area contributed by atoms with Crippen LogP contribution in [0.4, 0.5) is 14.3 Å². The van der Waals surface area contributed by atoms with Gasteiger partial charge < -0.3 is 9.64 Å². The topological polar surface area (TPSA) is 54.5 Å². The van der Waals surface area contributed by atoms with Crippen LogP contribution in [0.5, 0.6) is 5.75 Å². The van der Waals surface area contributed by atoms with E-state index in [-0.39, 0.29) is 17.4 Å². The van der Waals surface area contributed by atoms with Gasteiger partial charge in [-0.25, -0.2) is 14.2 Å². The van der Waals surface area contributed by atoms with Gasteiger partial charge in [-0.2, -0.15) is 0 Å². The molecule has 2 aliphatic heterocycles. The van der Waals surface area contributed by atoms with Crippen LogP contribution < -0.4 is 10.1 Å². The summed E-state index contributed by atoms with van der Waals surface area (Å²) in [5, 5.41) is 3.97. The second-order valence-electron chi connectivity index (χ2n) is 7.56. The number of amides is 2. The Kier molecular flexibility index (Phi) is 4.59. The Labute approximate surface area is 176 Å². The number of hydrogen-bond donors (Lipinski definition) is 1. The van der Waals surface area contributed by atoms with Crippen molar-refractivity contribution in [2.75, 3.05) is 18.4 Å². The van der Waals surface area contributed by atoms with Crippen LogP contribution in [0.15, 0.2) is 36.4 Å². The molecule has 8 heteroatoms. The molecule has 0 radical (unpaired) electrons. The molecule has 5 nitrogen and oxygen atoms in total. The van der Waals surface area contributed by atoms with E-state index in [0.717, 1.165) is 41.7 Å². The molecule has 5 rings (SSSR count). The third-order valence-electron chi connectivity index (χ3n) is 5.74. The van der Waals surface area contributed by atoms with Crippen LogP contribution in [0.25, 0.3) is 10.2 Å². The van der Waals surface area contributed by atoms with Crippen molar-refractivity contribution in [1.82, 2.24) is 9.88 Å². The van der Waals surface area contributed by atoms with Crippen LogP contribution in [-0.2, 0) is 6.42 Å². The molecule has 1 aromatic heterocycles. The number of fused-ring (bicyclic) bond motifs is 2. The number of carbonyl (C=O) groups excluding carboxylic acids is 1. The quantitative estimate of drug-likeness (QED) is 0.555. The van der Waals surface area contributed by atoms with E-state index in [4.69, 9.17) is 16.3 Å². The first kappa shape index (κ1) is 18.6. The average molecular weight is 432 g/mol. The molecule has 0 unspecified atom stereocenters. The van der Waals surface area contributed by atoms with Crippen molar-refractivity contribution in [3.8, 4) is 5.75 Å². The predicted octanol–water partition coefficient (Wildman–Crippen LogP) is 5.48. The number of rotatable bonds is 1. The van der Waals surface area contributed by atoms with Crippen LogP contribution in [0.1, 0.15) is 24.8 Å². The average Bonchev–Trinajstić information content (AvgIpc) is 3.10. The highest BCUT2D eigenvalue weighted by atomic mass is 35.5. The van der Waals surface area contributed by atoms with Gasteiger partial charge in [0.25, 0.3) is 0 Å². The molecule has 1 fully saturated rings. The number of piperidine rings is 1. The van der Waals surface area contributed by atoms with Gasteiger partial charge in [-0.15, -0.1) is 0 Å². The first-order valence-corrected chi connectivity index (χ1v) is 10.8. The number of carbonyl (C=O) groups is 1. The molecule has 1 saturated heterocycles. The lowest BCUT2D eigenvalue weighted by atomic mass is 9.83. The van der Waals surface area contributed by atoms with Crippen molar-refractivity contribution in [2.45, 2.75) is 31.3 Å². The summed E-state index contributed by atoms with van der Waals surface area (Å²) in [6, 6.07) is 10.1. The first-order chi connectivity index (χ1) is 14.0. The minimum absolute atomic E-state index is 0.186. The van der Waals surface area contributed by atoms with E-state index in [9.17, 15) is 9.18 Å². The molecule has 0 saturated carbocycles. The van der Waals surface area contributed by atoms with Gasteiger partial charge in [0.15, 0.2) is 5.13 Å². The second-order valence-corrected chi connectivity index (χ2v) is 9.00. The summed E-state index contributed by atoms with van der Waals surface area (Å²) in [6.45, 7) is 1.20. The Morgan fingerprint density at radius 1 is 1.24 bits per heavy atom. The van der Waals surface area contributed by atoms with Crippen molar-refractivity contribution < 1.29 is 13.9 Å². The van der Waals surface area contributed by atoms with E-state index in [1.54, 1.807) is 11.0 Å². The fourth-order valence-electron chi connectivity index (χ4n) is 4.09. The van der Waals surface area contributed by atoms with Crippen LogP contribution in [0, 0.1) is 5.82 Å². The van der Waals surface area contributed by atoms with Gasteiger partial charge in [0, 0.05) is 32.0 Å². The summed E-state index contributed by atoms with van der Waals surface area (Å²) >= 11 is 7.67. The molecular formula is C21H19ClFN3O2S. The number of para-hydroxylation sites is 1. The molecule has 0 atom stereocenters. The molecule has 29 heavy (non-hydrogen) atoms. The molecular weight excluding hydrogens is 413 g/mol. The molecule has 1 spiro atoms. The maximum absolute atomic E-state index is 13.3. The molecule has 150 valence electrons. The highest BCUT2D eigenvalue weighted by Crippen LogP contribution is 2.42. The van der Waals surface area contributed by atoms with Crippen LogP contribution in [0.3, 0.4) is 0 Å².